The van der Waals surface area contributed by atoms with Gasteiger partial charge in [-0.1, -0.05) is 0 Å². The molecule has 1 aromatic carbocycles. The second-order valence-corrected chi connectivity index (χ2v) is 5.24. The molecule has 0 saturated carbocycles. The number of aryl methyl sites for hydroxylation is 1. The van der Waals surface area contributed by atoms with E-state index in [4.69, 9.17) is 15.2 Å². The third-order valence-corrected chi connectivity index (χ3v) is 2.61. The fourth-order valence-electron chi connectivity index (χ4n) is 1.76. The van der Waals surface area contributed by atoms with Crippen LogP contribution in [0.1, 0.15) is 25.8 Å². The van der Waals surface area contributed by atoms with E-state index in [1.54, 1.807) is 34.1 Å². The first kappa shape index (κ1) is 15.3. The number of hydrogen-bond donors (Lipinski definition) is 2. The molecule has 0 saturated heterocycles. The largest absolute Gasteiger partial charge is 0.496 e. The summed E-state index contributed by atoms with van der Waals surface area (Å²) < 4.78 is 10.5. The Kier molecular flexibility index (Phi) is 4.78. The lowest BCUT2D eigenvalue weighted by molar-refractivity contribution is -0.117. The first-order valence-corrected chi connectivity index (χ1v) is 6.08. The zero-order chi connectivity index (χ0) is 14.6. The molecule has 1 amide bonds. The minimum atomic E-state index is -0.550. The molecule has 0 spiro atoms. The van der Waals surface area contributed by atoms with E-state index in [0.717, 1.165) is 5.56 Å². The van der Waals surface area contributed by atoms with Gasteiger partial charge >= 0.3 is 0 Å². The number of ether oxygens (including phenoxy) is 2. The topological polar surface area (TPSA) is 73.6 Å². The van der Waals surface area contributed by atoms with Gasteiger partial charge in [0.15, 0.2) is 0 Å². The molecule has 5 heteroatoms. The molecular weight excluding hydrogens is 244 g/mol. The van der Waals surface area contributed by atoms with Crippen molar-refractivity contribution >= 4 is 11.6 Å². The Bertz CT molecular complexity index is 464. The van der Waals surface area contributed by atoms with Gasteiger partial charge in [0, 0.05) is 18.0 Å². The van der Waals surface area contributed by atoms with E-state index in [0.29, 0.717) is 17.2 Å². The number of amides is 1. The number of anilines is 1. The number of nitrogens with one attached hydrogen (secondary N) is 1. The van der Waals surface area contributed by atoms with Gasteiger partial charge in [-0.25, -0.2) is 0 Å². The third kappa shape index (κ3) is 4.44. The van der Waals surface area contributed by atoms with Crippen molar-refractivity contribution in [1.82, 2.24) is 0 Å². The zero-order valence-corrected chi connectivity index (χ0v) is 12.2. The first-order valence-electron chi connectivity index (χ1n) is 6.08. The predicted octanol–water partition coefficient (Wildman–Crippen LogP) is 2.08. The normalized spacial score (nSPS) is 11.1. The highest BCUT2D eigenvalue weighted by Crippen LogP contribution is 2.32. The summed E-state index contributed by atoms with van der Waals surface area (Å²) >= 11 is 0. The molecular formula is C14H22N2O3. The number of carbonyl (C=O) groups excluding carboxylic acids is 1. The van der Waals surface area contributed by atoms with Gasteiger partial charge in [-0.3, -0.25) is 4.79 Å². The molecule has 0 unspecified atom stereocenters. The van der Waals surface area contributed by atoms with E-state index in [2.05, 4.69) is 5.32 Å². The van der Waals surface area contributed by atoms with Crippen molar-refractivity contribution in [2.45, 2.75) is 32.7 Å². The molecule has 0 aliphatic rings. The number of rotatable bonds is 5. The SMILES string of the molecule is COc1cc(NC(=O)CC(C)(C)N)c(OC)cc1C. The Hall–Kier alpha value is -1.75. The maximum Gasteiger partial charge on any atom is 0.226 e. The summed E-state index contributed by atoms with van der Waals surface area (Å²) in [5, 5.41) is 2.80. The minimum absolute atomic E-state index is 0.156. The lowest BCUT2D eigenvalue weighted by Gasteiger charge is -2.19. The highest BCUT2D eigenvalue weighted by molar-refractivity contribution is 5.93. The lowest BCUT2D eigenvalue weighted by Crippen LogP contribution is -2.36. The molecule has 0 bridgehead atoms. The molecule has 1 aromatic rings. The Morgan fingerprint density at radius 1 is 1.26 bits per heavy atom. The quantitative estimate of drug-likeness (QED) is 0.855. The number of benzene rings is 1. The molecule has 106 valence electrons. The molecule has 0 heterocycles. The average Bonchev–Trinajstić information content (AvgIpc) is 2.28. The summed E-state index contributed by atoms with van der Waals surface area (Å²) in [7, 11) is 3.15. The van der Waals surface area contributed by atoms with Crippen LogP contribution in [-0.2, 0) is 4.79 Å². The van der Waals surface area contributed by atoms with Gasteiger partial charge in [-0.2, -0.15) is 0 Å². The van der Waals surface area contributed by atoms with Crippen molar-refractivity contribution in [2.24, 2.45) is 5.73 Å². The van der Waals surface area contributed by atoms with Crippen LogP contribution >= 0.6 is 0 Å². The molecule has 0 aliphatic carbocycles. The Balaban J connectivity index is 2.96. The molecule has 0 atom stereocenters. The van der Waals surface area contributed by atoms with Gasteiger partial charge < -0.3 is 20.5 Å². The zero-order valence-electron chi connectivity index (χ0n) is 12.2. The highest BCUT2D eigenvalue weighted by atomic mass is 16.5. The van der Waals surface area contributed by atoms with Crippen LogP contribution in [0.15, 0.2) is 12.1 Å². The summed E-state index contributed by atoms with van der Waals surface area (Å²) in [5.41, 5.74) is 6.80. The van der Waals surface area contributed by atoms with E-state index < -0.39 is 5.54 Å². The number of hydrogen-bond acceptors (Lipinski definition) is 4. The van der Waals surface area contributed by atoms with Crippen LogP contribution in [0.3, 0.4) is 0 Å². The van der Waals surface area contributed by atoms with E-state index in [-0.39, 0.29) is 12.3 Å². The van der Waals surface area contributed by atoms with Crippen molar-refractivity contribution in [1.29, 1.82) is 0 Å². The molecule has 0 aliphatic heterocycles. The van der Waals surface area contributed by atoms with Crippen LogP contribution in [0.25, 0.3) is 0 Å². The molecule has 5 nitrogen and oxygen atoms in total. The number of carbonyl (C=O) groups is 1. The second-order valence-electron chi connectivity index (χ2n) is 5.24. The summed E-state index contributed by atoms with van der Waals surface area (Å²) in [6, 6.07) is 3.57. The van der Waals surface area contributed by atoms with Gasteiger partial charge in [0.1, 0.15) is 11.5 Å². The maximum atomic E-state index is 11.9. The van der Waals surface area contributed by atoms with Crippen LogP contribution in [0, 0.1) is 6.92 Å². The Labute approximate surface area is 114 Å². The molecule has 19 heavy (non-hydrogen) atoms. The standard InChI is InChI=1S/C14H22N2O3/c1-9-6-12(19-5)10(7-11(9)18-4)16-13(17)8-14(2,3)15/h6-7H,8,15H2,1-5H3,(H,16,17). The van der Waals surface area contributed by atoms with Gasteiger partial charge in [0.25, 0.3) is 0 Å². The molecule has 0 fully saturated rings. The van der Waals surface area contributed by atoms with Crippen molar-refractivity contribution in [2.75, 3.05) is 19.5 Å². The maximum absolute atomic E-state index is 11.9. The first-order chi connectivity index (χ1) is 8.76. The van der Waals surface area contributed by atoms with E-state index in [1.807, 2.05) is 13.0 Å². The number of nitrogens with two attached hydrogens (primary N) is 1. The van der Waals surface area contributed by atoms with E-state index in [9.17, 15) is 4.79 Å². The van der Waals surface area contributed by atoms with Crippen LogP contribution in [0.5, 0.6) is 11.5 Å². The van der Waals surface area contributed by atoms with Crippen LogP contribution in [0.2, 0.25) is 0 Å². The summed E-state index contributed by atoms with van der Waals surface area (Å²) in [4.78, 5) is 11.9. The second kappa shape index (κ2) is 5.93. The van der Waals surface area contributed by atoms with Gasteiger partial charge in [0.2, 0.25) is 5.91 Å². The van der Waals surface area contributed by atoms with Crippen LogP contribution in [0.4, 0.5) is 5.69 Å². The van der Waals surface area contributed by atoms with Gasteiger partial charge in [-0.15, -0.1) is 0 Å². The van der Waals surface area contributed by atoms with Crippen molar-refractivity contribution in [3.8, 4) is 11.5 Å². The van der Waals surface area contributed by atoms with Gasteiger partial charge in [-0.05, 0) is 32.4 Å². The molecule has 0 aromatic heterocycles. The van der Waals surface area contributed by atoms with Crippen molar-refractivity contribution in [3.63, 3.8) is 0 Å². The third-order valence-electron chi connectivity index (χ3n) is 2.61. The Morgan fingerprint density at radius 2 is 1.84 bits per heavy atom. The Morgan fingerprint density at radius 3 is 2.32 bits per heavy atom. The summed E-state index contributed by atoms with van der Waals surface area (Å²) in [5.74, 6) is 1.14. The summed E-state index contributed by atoms with van der Waals surface area (Å²) in [6.45, 7) is 5.52. The fourth-order valence-corrected chi connectivity index (χ4v) is 1.76. The van der Waals surface area contributed by atoms with Crippen molar-refractivity contribution in [3.05, 3.63) is 17.7 Å². The van der Waals surface area contributed by atoms with E-state index in [1.165, 1.54) is 0 Å². The number of methoxy groups -OCH3 is 2. The van der Waals surface area contributed by atoms with Crippen LogP contribution in [-0.4, -0.2) is 25.7 Å². The van der Waals surface area contributed by atoms with Crippen LogP contribution < -0.4 is 20.5 Å². The molecule has 0 radical (unpaired) electrons. The smallest absolute Gasteiger partial charge is 0.226 e. The minimum Gasteiger partial charge on any atom is -0.496 e. The predicted molar refractivity (Wildman–Crippen MR) is 75.8 cm³/mol. The lowest BCUT2D eigenvalue weighted by atomic mass is 10.0. The fraction of sp³-hybridized carbons (Fsp3) is 0.500. The van der Waals surface area contributed by atoms with E-state index >= 15 is 0 Å². The van der Waals surface area contributed by atoms with Gasteiger partial charge in [0.05, 0.1) is 19.9 Å². The summed E-state index contributed by atoms with van der Waals surface area (Å²) in [6.07, 6.45) is 0.229. The average molecular weight is 266 g/mol. The highest BCUT2D eigenvalue weighted by Gasteiger charge is 2.18. The molecule has 3 N–H and O–H groups in total. The molecule has 1 rings (SSSR count). The van der Waals surface area contributed by atoms with Crippen molar-refractivity contribution < 1.29 is 14.3 Å². The monoisotopic (exact) mass is 266 g/mol.